The standard InChI is InChI=1S/C19H17ClN2O3S/c1-19-10-15(14-8-11(17(23)24-2)6-7-16(14)25-19)21-18(26)22(19)13-5-3-4-12(20)9-13/h3-9,15H,10H2,1-2H3,(H,21,26)/t15-,19-/m1/s1. The van der Waals surface area contributed by atoms with Crippen molar-refractivity contribution in [3.63, 3.8) is 0 Å². The van der Waals surface area contributed by atoms with Gasteiger partial charge in [0.1, 0.15) is 5.75 Å². The van der Waals surface area contributed by atoms with E-state index < -0.39 is 5.72 Å². The van der Waals surface area contributed by atoms with E-state index in [1.807, 2.05) is 36.1 Å². The summed E-state index contributed by atoms with van der Waals surface area (Å²) in [5.74, 6) is 0.346. The third-order valence-corrected chi connectivity index (χ3v) is 5.29. The summed E-state index contributed by atoms with van der Waals surface area (Å²) < 4.78 is 11.2. The van der Waals surface area contributed by atoms with E-state index in [9.17, 15) is 4.79 Å². The van der Waals surface area contributed by atoms with E-state index in [0.717, 1.165) is 17.0 Å². The molecule has 134 valence electrons. The van der Waals surface area contributed by atoms with E-state index >= 15 is 0 Å². The summed E-state index contributed by atoms with van der Waals surface area (Å²) in [7, 11) is 1.37. The maximum atomic E-state index is 11.8. The van der Waals surface area contributed by atoms with E-state index in [1.165, 1.54) is 7.11 Å². The maximum absolute atomic E-state index is 11.8. The van der Waals surface area contributed by atoms with E-state index in [-0.39, 0.29) is 12.0 Å². The van der Waals surface area contributed by atoms with Gasteiger partial charge in [0.05, 0.1) is 18.7 Å². The van der Waals surface area contributed by atoms with Gasteiger partial charge in [-0.1, -0.05) is 17.7 Å². The highest BCUT2D eigenvalue weighted by Crippen LogP contribution is 2.46. The Balaban J connectivity index is 1.76. The summed E-state index contributed by atoms with van der Waals surface area (Å²) in [6, 6.07) is 12.8. The van der Waals surface area contributed by atoms with Crippen molar-refractivity contribution in [3.8, 4) is 5.75 Å². The zero-order chi connectivity index (χ0) is 18.5. The molecular weight excluding hydrogens is 372 g/mol. The Kier molecular flexibility index (Phi) is 4.04. The van der Waals surface area contributed by atoms with Gasteiger partial charge in [-0.2, -0.15) is 0 Å². The van der Waals surface area contributed by atoms with Crippen LogP contribution in [0.3, 0.4) is 0 Å². The molecule has 0 amide bonds. The number of nitrogens with zero attached hydrogens (tertiary/aromatic N) is 1. The van der Waals surface area contributed by atoms with Crippen LogP contribution in [0.25, 0.3) is 0 Å². The van der Waals surface area contributed by atoms with Crippen molar-refractivity contribution in [1.29, 1.82) is 0 Å². The minimum Gasteiger partial charge on any atom is -0.467 e. The summed E-state index contributed by atoms with van der Waals surface area (Å²) in [6.07, 6.45) is 0.664. The largest absolute Gasteiger partial charge is 0.467 e. The van der Waals surface area contributed by atoms with Crippen molar-refractivity contribution in [3.05, 3.63) is 58.6 Å². The summed E-state index contributed by atoms with van der Waals surface area (Å²) in [5.41, 5.74) is 1.60. The van der Waals surface area contributed by atoms with Crippen molar-refractivity contribution < 1.29 is 14.3 Å². The van der Waals surface area contributed by atoms with Crippen LogP contribution in [0.2, 0.25) is 5.02 Å². The lowest BCUT2D eigenvalue weighted by Crippen LogP contribution is -2.65. The molecule has 2 heterocycles. The molecule has 2 aliphatic heterocycles. The molecule has 0 aliphatic carbocycles. The second kappa shape index (κ2) is 6.14. The van der Waals surface area contributed by atoms with Crippen LogP contribution in [-0.2, 0) is 4.74 Å². The van der Waals surface area contributed by atoms with Gasteiger partial charge in [0.2, 0.25) is 0 Å². The molecule has 2 aromatic rings. The number of thiocarbonyl (C=S) groups is 1. The van der Waals surface area contributed by atoms with E-state index in [2.05, 4.69) is 5.32 Å². The van der Waals surface area contributed by atoms with Gasteiger partial charge in [0.15, 0.2) is 10.8 Å². The van der Waals surface area contributed by atoms with Crippen molar-refractivity contribution in [2.75, 3.05) is 12.0 Å². The number of rotatable bonds is 2. The molecule has 1 fully saturated rings. The highest BCUT2D eigenvalue weighted by molar-refractivity contribution is 7.80. The van der Waals surface area contributed by atoms with E-state index in [0.29, 0.717) is 22.1 Å². The number of fused-ring (bicyclic) bond motifs is 4. The molecule has 2 bridgehead atoms. The molecule has 2 atom stereocenters. The van der Waals surface area contributed by atoms with Crippen LogP contribution < -0.4 is 15.0 Å². The molecule has 2 aliphatic rings. The molecule has 0 saturated carbocycles. The third kappa shape index (κ3) is 2.70. The van der Waals surface area contributed by atoms with Gasteiger partial charge in [-0.05, 0) is 55.5 Å². The number of ether oxygens (including phenoxy) is 2. The zero-order valence-electron chi connectivity index (χ0n) is 14.3. The van der Waals surface area contributed by atoms with Crippen LogP contribution in [0, 0.1) is 0 Å². The van der Waals surface area contributed by atoms with Crippen LogP contribution in [0.1, 0.15) is 35.3 Å². The Morgan fingerprint density at radius 2 is 2.19 bits per heavy atom. The molecule has 2 aromatic carbocycles. The molecule has 4 rings (SSSR count). The van der Waals surface area contributed by atoms with Crippen LogP contribution in [0.15, 0.2) is 42.5 Å². The van der Waals surface area contributed by atoms with Gasteiger partial charge in [0.25, 0.3) is 0 Å². The van der Waals surface area contributed by atoms with Gasteiger partial charge in [-0.3, -0.25) is 4.90 Å². The number of halogens is 1. The first-order valence-corrected chi connectivity index (χ1v) is 8.97. The highest BCUT2D eigenvalue weighted by Gasteiger charge is 2.48. The third-order valence-electron chi connectivity index (χ3n) is 4.76. The lowest BCUT2D eigenvalue weighted by molar-refractivity contribution is 0.0494. The average Bonchev–Trinajstić information content (AvgIpc) is 2.60. The molecule has 0 radical (unpaired) electrons. The molecule has 7 heteroatoms. The van der Waals surface area contributed by atoms with Gasteiger partial charge in [-0.15, -0.1) is 0 Å². The van der Waals surface area contributed by atoms with Crippen LogP contribution in [0.4, 0.5) is 5.69 Å². The Morgan fingerprint density at radius 3 is 2.92 bits per heavy atom. The van der Waals surface area contributed by atoms with Crippen molar-refractivity contribution in [2.45, 2.75) is 25.1 Å². The molecule has 0 unspecified atom stereocenters. The number of anilines is 1. The Hall–Kier alpha value is -2.31. The van der Waals surface area contributed by atoms with Gasteiger partial charge in [-0.25, -0.2) is 4.79 Å². The van der Waals surface area contributed by atoms with Gasteiger partial charge in [0, 0.05) is 22.7 Å². The highest BCUT2D eigenvalue weighted by atomic mass is 35.5. The number of carbonyl (C=O) groups is 1. The fourth-order valence-electron chi connectivity index (χ4n) is 3.63. The monoisotopic (exact) mass is 388 g/mol. The number of hydrogen-bond donors (Lipinski definition) is 1. The average molecular weight is 389 g/mol. The lowest BCUT2D eigenvalue weighted by Gasteiger charge is -2.52. The lowest BCUT2D eigenvalue weighted by atomic mass is 9.89. The summed E-state index contributed by atoms with van der Waals surface area (Å²) >= 11 is 11.8. The molecule has 26 heavy (non-hydrogen) atoms. The van der Waals surface area contributed by atoms with Crippen LogP contribution in [-0.4, -0.2) is 23.9 Å². The SMILES string of the molecule is COC(=O)c1ccc2c(c1)[C@H]1C[C@@](C)(O2)N(c2cccc(Cl)c2)C(=S)N1. The first kappa shape index (κ1) is 17.1. The second-order valence-electron chi connectivity index (χ2n) is 6.54. The first-order valence-electron chi connectivity index (χ1n) is 8.19. The normalized spacial score (nSPS) is 23.6. The Bertz CT molecular complexity index is 919. The smallest absolute Gasteiger partial charge is 0.337 e. The summed E-state index contributed by atoms with van der Waals surface area (Å²) in [5, 5.41) is 4.55. The number of hydrogen-bond acceptors (Lipinski definition) is 4. The van der Waals surface area contributed by atoms with Crippen LogP contribution >= 0.6 is 23.8 Å². The Labute approximate surface area is 161 Å². The number of methoxy groups -OCH3 is 1. The van der Waals surface area contributed by atoms with Crippen LogP contribution in [0.5, 0.6) is 5.75 Å². The minimum atomic E-state index is -0.655. The number of benzene rings is 2. The summed E-state index contributed by atoms with van der Waals surface area (Å²) in [4.78, 5) is 13.8. The molecule has 0 aromatic heterocycles. The van der Waals surface area contributed by atoms with Gasteiger partial charge < -0.3 is 14.8 Å². The zero-order valence-corrected chi connectivity index (χ0v) is 15.9. The van der Waals surface area contributed by atoms with Crippen molar-refractivity contribution in [1.82, 2.24) is 5.32 Å². The van der Waals surface area contributed by atoms with Crippen molar-refractivity contribution >= 4 is 40.6 Å². The fraction of sp³-hybridized carbons (Fsp3) is 0.263. The number of esters is 1. The topological polar surface area (TPSA) is 50.8 Å². The predicted octanol–water partition coefficient (Wildman–Crippen LogP) is 4.06. The van der Waals surface area contributed by atoms with E-state index in [4.69, 9.17) is 33.3 Å². The van der Waals surface area contributed by atoms with E-state index in [1.54, 1.807) is 18.2 Å². The summed E-state index contributed by atoms with van der Waals surface area (Å²) in [6.45, 7) is 2.01. The fourth-order valence-corrected chi connectivity index (χ4v) is 4.25. The molecule has 1 saturated heterocycles. The first-order chi connectivity index (χ1) is 12.4. The molecule has 1 N–H and O–H groups in total. The predicted molar refractivity (Wildman–Crippen MR) is 104 cm³/mol. The van der Waals surface area contributed by atoms with Crippen molar-refractivity contribution in [2.24, 2.45) is 0 Å². The molecule has 0 spiro atoms. The Morgan fingerprint density at radius 1 is 1.38 bits per heavy atom. The number of nitrogens with one attached hydrogen (secondary N) is 1. The van der Waals surface area contributed by atoms with Gasteiger partial charge >= 0.3 is 5.97 Å². The minimum absolute atomic E-state index is 0.0451. The molecule has 5 nitrogen and oxygen atoms in total. The number of carbonyl (C=O) groups excluding carboxylic acids is 1. The molecular formula is C19H17ClN2O3S. The quantitative estimate of drug-likeness (QED) is 0.618. The maximum Gasteiger partial charge on any atom is 0.337 e. The second-order valence-corrected chi connectivity index (χ2v) is 7.37.